The van der Waals surface area contributed by atoms with Crippen molar-refractivity contribution in [2.24, 2.45) is 5.92 Å². The van der Waals surface area contributed by atoms with Crippen LogP contribution in [0.3, 0.4) is 0 Å². The number of ether oxygens (including phenoxy) is 1. The minimum atomic E-state index is -1.57. The van der Waals surface area contributed by atoms with E-state index in [1.165, 1.54) is 0 Å². The van der Waals surface area contributed by atoms with E-state index in [-0.39, 0.29) is 11.4 Å². The van der Waals surface area contributed by atoms with E-state index in [2.05, 4.69) is 16.9 Å². The van der Waals surface area contributed by atoms with Crippen molar-refractivity contribution in [1.29, 1.82) is 0 Å². The monoisotopic (exact) mass is 361 g/mol. The van der Waals surface area contributed by atoms with Crippen LogP contribution in [0.25, 0.3) is 0 Å². The number of nitrogens with zero attached hydrogens (tertiary/aromatic N) is 3. The van der Waals surface area contributed by atoms with Gasteiger partial charge < -0.3 is 9.64 Å². The van der Waals surface area contributed by atoms with Gasteiger partial charge in [-0.15, -0.1) is 0 Å². The summed E-state index contributed by atoms with van der Waals surface area (Å²) >= 11 is 0. The average Bonchev–Trinajstić information content (AvgIpc) is 2.59. The van der Waals surface area contributed by atoms with Crippen molar-refractivity contribution >= 4 is 5.91 Å². The molecular formula is C20H28FN3O2. The molecule has 3 aliphatic rings. The topological polar surface area (TPSA) is 45.7 Å². The highest BCUT2D eigenvalue weighted by Crippen LogP contribution is 2.43. The molecule has 0 unspecified atom stereocenters. The Bertz CT molecular complexity index is 644. The number of halogens is 1. The summed E-state index contributed by atoms with van der Waals surface area (Å²) in [7, 11) is 2.13. The zero-order chi connectivity index (χ0) is 18.2. The Labute approximate surface area is 154 Å². The fourth-order valence-electron chi connectivity index (χ4n) is 4.54. The lowest BCUT2D eigenvalue weighted by atomic mass is 9.73. The number of hydrogen-bond acceptors (Lipinski definition) is 4. The molecule has 2 saturated heterocycles. The van der Waals surface area contributed by atoms with E-state index >= 15 is 0 Å². The molecule has 1 aromatic heterocycles. The lowest BCUT2D eigenvalue weighted by Crippen LogP contribution is -2.74. The van der Waals surface area contributed by atoms with Crippen molar-refractivity contribution in [3.63, 3.8) is 0 Å². The largest absolute Gasteiger partial charge is 0.376 e. The van der Waals surface area contributed by atoms with Gasteiger partial charge in [-0.05, 0) is 69.3 Å². The first-order chi connectivity index (χ1) is 12.5. The van der Waals surface area contributed by atoms with Crippen molar-refractivity contribution in [3.8, 4) is 0 Å². The molecule has 5 nitrogen and oxygen atoms in total. The third kappa shape index (κ3) is 3.25. The van der Waals surface area contributed by atoms with E-state index in [0.29, 0.717) is 38.5 Å². The molecular weight excluding hydrogens is 333 g/mol. The SMILES string of the molecule is CN1CC[C@@H](COCc2ccncc2)CC12CN(C(=O)C1(F)CCC1)C2. The molecule has 3 heterocycles. The first-order valence-corrected chi connectivity index (χ1v) is 9.67. The van der Waals surface area contributed by atoms with Crippen LogP contribution in [0.4, 0.5) is 4.39 Å². The van der Waals surface area contributed by atoms with E-state index in [1.807, 2.05) is 12.1 Å². The van der Waals surface area contributed by atoms with Crippen molar-refractivity contribution in [1.82, 2.24) is 14.8 Å². The maximum Gasteiger partial charge on any atom is 0.260 e. The Morgan fingerprint density at radius 1 is 1.35 bits per heavy atom. The van der Waals surface area contributed by atoms with Crippen molar-refractivity contribution in [2.45, 2.75) is 49.9 Å². The minimum absolute atomic E-state index is 0.0126. The smallest absolute Gasteiger partial charge is 0.260 e. The normalized spacial score (nSPS) is 27.0. The molecule has 142 valence electrons. The van der Waals surface area contributed by atoms with Crippen LogP contribution in [0, 0.1) is 5.92 Å². The van der Waals surface area contributed by atoms with E-state index in [4.69, 9.17) is 4.74 Å². The molecule has 1 spiro atoms. The van der Waals surface area contributed by atoms with Crippen LogP contribution in [0.5, 0.6) is 0 Å². The van der Waals surface area contributed by atoms with Gasteiger partial charge in [-0.2, -0.15) is 0 Å². The second kappa shape index (κ2) is 6.89. The predicted octanol–water partition coefficient (Wildman–Crippen LogP) is 2.41. The molecule has 0 radical (unpaired) electrons. The van der Waals surface area contributed by atoms with Gasteiger partial charge in [0.2, 0.25) is 0 Å². The number of likely N-dealkylation sites (tertiary alicyclic amines) is 2. The number of pyridine rings is 1. The fraction of sp³-hybridized carbons (Fsp3) is 0.700. The average molecular weight is 361 g/mol. The summed E-state index contributed by atoms with van der Waals surface area (Å²) in [4.78, 5) is 20.5. The number of likely N-dealkylation sites (N-methyl/N-ethyl adjacent to an activating group) is 1. The number of amides is 1. The first kappa shape index (κ1) is 17.9. The van der Waals surface area contributed by atoms with Crippen LogP contribution in [-0.4, -0.2) is 65.2 Å². The van der Waals surface area contributed by atoms with Gasteiger partial charge in [0, 0.05) is 32.1 Å². The minimum Gasteiger partial charge on any atom is -0.376 e. The van der Waals surface area contributed by atoms with Crippen LogP contribution in [0.2, 0.25) is 0 Å². The van der Waals surface area contributed by atoms with Crippen molar-refractivity contribution in [3.05, 3.63) is 30.1 Å². The number of aromatic nitrogens is 1. The number of piperidine rings is 1. The van der Waals surface area contributed by atoms with Crippen molar-refractivity contribution in [2.75, 3.05) is 33.3 Å². The molecule has 1 saturated carbocycles. The van der Waals surface area contributed by atoms with Gasteiger partial charge >= 0.3 is 0 Å². The van der Waals surface area contributed by atoms with E-state index in [9.17, 15) is 9.18 Å². The summed E-state index contributed by atoms with van der Waals surface area (Å²) in [5.74, 6) is 0.215. The molecule has 1 aromatic rings. The molecule has 26 heavy (non-hydrogen) atoms. The maximum atomic E-state index is 14.4. The molecule has 1 aliphatic carbocycles. The summed E-state index contributed by atoms with van der Waals surface area (Å²) in [6.45, 7) is 3.67. The molecule has 6 heteroatoms. The van der Waals surface area contributed by atoms with Crippen LogP contribution in [-0.2, 0) is 16.1 Å². The van der Waals surface area contributed by atoms with Crippen LogP contribution >= 0.6 is 0 Å². The number of rotatable bonds is 5. The van der Waals surface area contributed by atoms with Gasteiger partial charge in [-0.3, -0.25) is 14.7 Å². The first-order valence-electron chi connectivity index (χ1n) is 9.67. The third-order valence-electron chi connectivity index (χ3n) is 6.51. The maximum absolute atomic E-state index is 14.4. The van der Waals surface area contributed by atoms with Crippen LogP contribution in [0.15, 0.2) is 24.5 Å². The molecule has 0 aromatic carbocycles. The molecule has 1 atom stereocenters. The molecule has 0 N–H and O–H groups in total. The summed E-state index contributed by atoms with van der Waals surface area (Å²) in [6.07, 6.45) is 7.32. The van der Waals surface area contributed by atoms with E-state index < -0.39 is 5.67 Å². The van der Waals surface area contributed by atoms with Crippen LogP contribution < -0.4 is 0 Å². The van der Waals surface area contributed by atoms with Gasteiger partial charge in [0.25, 0.3) is 5.91 Å². The van der Waals surface area contributed by atoms with Gasteiger partial charge in [-0.25, -0.2) is 4.39 Å². The van der Waals surface area contributed by atoms with Gasteiger partial charge in [0.05, 0.1) is 12.1 Å². The van der Waals surface area contributed by atoms with E-state index in [0.717, 1.165) is 38.0 Å². The van der Waals surface area contributed by atoms with E-state index in [1.54, 1.807) is 17.3 Å². The second-order valence-electron chi connectivity index (χ2n) is 8.36. The Kier molecular flexibility index (Phi) is 4.73. The zero-order valence-corrected chi connectivity index (χ0v) is 15.5. The molecule has 3 fully saturated rings. The second-order valence-corrected chi connectivity index (χ2v) is 8.36. The van der Waals surface area contributed by atoms with Crippen LogP contribution in [0.1, 0.15) is 37.7 Å². The summed E-state index contributed by atoms with van der Waals surface area (Å²) in [5, 5.41) is 0. The molecule has 2 aliphatic heterocycles. The highest BCUT2D eigenvalue weighted by molar-refractivity contribution is 5.87. The van der Waals surface area contributed by atoms with Gasteiger partial charge in [0.1, 0.15) is 0 Å². The number of carbonyl (C=O) groups is 1. The quantitative estimate of drug-likeness (QED) is 0.808. The summed E-state index contributed by atoms with van der Waals surface area (Å²) in [5.41, 5.74) is -0.419. The Morgan fingerprint density at radius 3 is 2.73 bits per heavy atom. The Morgan fingerprint density at radius 2 is 2.08 bits per heavy atom. The lowest BCUT2D eigenvalue weighted by molar-refractivity contribution is -0.169. The Hall–Kier alpha value is -1.53. The summed E-state index contributed by atoms with van der Waals surface area (Å²) < 4.78 is 20.3. The lowest BCUT2D eigenvalue weighted by Gasteiger charge is -2.59. The number of carbonyl (C=O) groups excluding carboxylic acids is 1. The van der Waals surface area contributed by atoms with Gasteiger partial charge in [-0.1, -0.05) is 0 Å². The highest BCUT2D eigenvalue weighted by atomic mass is 19.1. The molecule has 4 rings (SSSR count). The fourth-order valence-corrected chi connectivity index (χ4v) is 4.54. The number of hydrogen-bond donors (Lipinski definition) is 0. The number of alkyl halides is 1. The molecule has 0 bridgehead atoms. The summed E-state index contributed by atoms with van der Waals surface area (Å²) in [6, 6.07) is 3.94. The third-order valence-corrected chi connectivity index (χ3v) is 6.51. The molecule has 1 amide bonds. The zero-order valence-electron chi connectivity index (χ0n) is 15.5. The Balaban J connectivity index is 1.28. The highest BCUT2D eigenvalue weighted by Gasteiger charge is 2.56. The van der Waals surface area contributed by atoms with Gasteiger partial charge in [0.15, 0.2) is 5.67 Å². The van der Waals surface area contributed by atoms with Crippen molar-refractivity contribution < 1.29 is 13.9 Å². The predicted molar refractivity (Wildman–Crippen MR) is 96.2 cm³/mol. The standard InChI is InChI=1S/C20H28FN3O2/c1-23-10-5-17(13-26-12-16-3-8-22-9-4-16)11-19(23)14-24(15-19)18(25)20(21)6-2-7-20/h3-4,8-9,17H,2,5-7,10-15H2,1H3/t17-/m1/s1.